The van der Waals surface area contributed by atoms with E-state index < -0.39 is 0 Å². The summed E-state index contributed by atoms with van der Waals surface area (Å²) in [6.07, 6.45) is 4.68. The Morgan fingerprint density at radius 3 is 2.55 bits per heavy atom. The van der Waals surface area contributed by atoms with Crippen LogP contribution >= 0.6 is 22.6 Å². The summed E-state index contributed by atoms with van der Waals surface area (Å²) < 4.78 is 0. The van der Waals surface area contributed by atoms with Crippen LogP contribution in [0.1, 0.15) is 32.6 Å². The monoisotopic (exact) mass is 268 g/mol. The van der Waals surface area contributed by atoms with Crippen molar-refractivity contribution in [3.63, 3.8) is 0 Å². The van der Waals surface area contributed by atoms with Gasteiger partial charge in [0, 0.05) is 0 Å². The first-order valence-electron chi connectivity index (χ1n) is 4.31. The van der Waals surface area contributed by atoms with Crippen LogP contribution in [-0.4, -0.2) is 15.6 Å². The first-order chi connectivity index (χ1) is 5.21. The predicted molar refractivity (Wildman–Crippen MR) is 56.0 cm³/mol. The summed E-state index contributed by atoms with van der Waals surface area (Å²) in [6, 6.07) is 0. The van der Waals surface area contributed by atoms with E-state index in [1.165, 1.54) is 12.8 Å². The Labute approximate surface area is 82.7 Å². The van der Waals surface area contributed by atoms with Crippen molar-refractivity contribution in [1.29, 1.82) is 0 Å². The van der Waals surface area contributed by atoms with Gasteiger partial charge in [-0.1, -0.05) is 29.5 Å². The van der Waals surface area contributed by atoms with Crippen molar-refractivity contribution in [1.82, 2.24) is 0 Å². The van der Waals surface area contributed by atoms with Crippen LogP contribution in [0.2, 0.25) is 0 Å². The number of halogens is 1. The molecular formula is C9H17IO. The predicted octanol–water partition coefficient (Wildman–Crippen LogP) is 2.61. The first-order valence-corrected chi connectivity index (χ1v) is 6.47. The molecule has 0 heterocycles. The van der Waals surface area contributed by atoms with Crippen LogP contribution in [0, 0.1) is 11.8 Å². The van der Waals surface area contributed by atoms with Gasteiger partial charge in [-0.15, -0.1) is 0 Å². The zero-order chi connectivity index (χ0) is 8.48. The Morgan fingerprint density at radius 1 is 1.45 bits per heavy atom. The molecule has 3 unspecified atom stereocenters. The van der Waals surface area contributed by atoms with Gasteiger partial charge in [-0.25, -0.2) is 0 Å². The number of rotatable bonds is 0. The highest BCUT2D eigenvalue weighted by molar-refractivity contribution is 14.1. The van der Waals surface area contributed by atoms with Gasteiger partial charge >= 0.3 is 0 Å². The molecule has 0 amide bonds. The molecule has 2 saturated carbocycles. The fourth-order valence-corrected chi connectivity index (χ4v) is 2.08. The van der Waals surface area contributed by atoms with Crippen molar-refractivity contribution in [2.45, 2.75) is 38.2 Å². The van der Waals surface area contributed by atoms with E-state index in [1.54, 1.807) is 0 Å². The van der Waals surface area contributed by atoms with Gasteiger partial charge in [-0.3, -0.25) is 0 Å². The van der Waals surface area contributed by atoms with E-state index in [1.807, 2.05) is 4.93 Å². The topological polar surface area (TPSA) is 20.2 Å². The second kappa shape index (κ2) is 3.60. The number of hydrogen-bond acceptors (Lipinski definition) is 1. The number of alkyl halides is 1. The summed E-state index contributed by atoms with van der Waals surface area (Å²) in [7, 11) is 0. The molecule has 0 saturated heterocycles. The lowest BCUT2D eigenvalue weighted by atomic mass is 9.89. The average molecular weight is 268 g/mol. The molecule has 0 aliphatic heterocycles. The molecule has 66 valence electrons. The van der Waals surface area contributed by atoms with Gasteiger partial charge in [-0.05, 0) is 42.4 Å². The molecular weight excluding hydrogens is 251 g/mol. The Balaban J connectivity index is 0.000000281. The smallest absolute Gasteiger partial charge is 0.0680 e. The summed E-state index contributed by atoms with van der Waals surface area (Å²) >= 11 is 2.15. The second-order valence-electron chi connectivity index (χ2n) is 3.88. The van der Waals surface area contributed by atoms with Gasteiger partial charge in [0.05, 0.1) is 5.60 Å². The van der Waals surface area contributed by atoms with E-state index in [2.05, 4.69) is 29.5 Å². The molecule has 0 aromatic rings. The molecule has 3 atom stereocenters. The van der Waals surface area contributed by atoms with Crippen molar-refractivity contribution in [3.8, 4) is 0 Å². The van der Waals surface area contributed by atoms with Crippen molar-refractivity contribution in [2.75, 3.05) is 4.93 Å². The van der Waals surface area contributed by atoms with Crippen LogP contribution in [0.4, 0.5) is 0 Å². The first kappa shape index (κ1) is 9.78. The van der Waals surface area contributed by atoms with E-state index in [0.717, 1.165) is 18.8 Å². The van der Waals surface area contributed by atoms with E-state index in [4.69, 9.17) is 0 Å². The highest BCUT2D eigenvalue weighted by Crippen LogP contribution is 2.54. The van der Waals surface area contributed by atoms with Gasteiger partial charge in [-0.2, -0.15) is 0 Å². The van der Waals surface area contributed by atoms with E-state index in [-0.39, 0.29) is 5.60 Å². The third-order valence-electron chi connectivity index (χ3n) is 2.96. The molecule has 1 nitrogen and oxygen atoms in total. The lowest BCUT2D eigenvalue weighted by Gasteiger charge is -2.21. The number of fused-ring (bicyclic) bond motifs is 1. The van der Waals surface area contributed by atoms with E-state index >= 15 is 0 Å². The zero-order valence-corrected chi connectivity index (χ0v) is 9.47. The molecule has 2 heteroatoms. The number of aliphatic hydroxyl groups is 1. The lowest BCUT2D eigenvalue weighted by molar-refractivity contribution is 0.0877. The van der Waals surface area contributed by atoms with E-state index in [0.29, 0.717) is 5.92 Å². The molecule has 2 rings (SSSR count). The Morgan fingerprint density at radius 2 is 2.09 bits per heavy atom. The second-order valence-corrected chi connectivity index (χ2v) is 3.88. The minimum atomic E-state index is -0.174. The maximum Gasteiger partial charge on any atom is 0.0680 e. The van der Waals surface area contributed by atoms with E-state index in [9.17, 15) is 5.11 Å². The van der Waals surface area contributed by atoms with Gasteiger partial charge in [0.1, 0.15) is 0 Å². The van der Waals surface area contributed by atoms with Crippen LogP contribution in [-0.2, 0) is 0 Å². The minimum absolute atomic E-state index is 0.174. The van der Waals surface area contributed by atoms with Gasteiger partial charge < -0.3 is 5.11 Å². The van der Waals surface area contributed by atoms with Gasteiger partial charge in [0.2, 0.25) is 0 Å². The SMILES string of the molecule is CC1CCC2(O)CC2C1.CI. The van der Waals surface area contributed by atoms with Gasteiger partial charge in [0.25, 0.3) is 0 Å². The molecule has 1 N–H and O–H groups in total. The fraction of sp³-hybridized carbons (Fsp3) is 1.00. The molecule has 0 aromatic carbocycles. The largest absolute Gasteiger partial charge is 0.390 e. The van der Waals surface area contributed by atoms with Crippen LogP contribution in [0.15, 0.2) is 0 Å². The van der Waals surface area contributed by atoms with Crippen LogP contribution in [0.25, 0.3) is 0 Å². The van der Waals surface area contributed by atoms with Crippen molar-refractivity contribution in [3.05, 3.63) is 0 Å². The standard InChI is InChI=1S/C8H14O.CH3I/c1-6-2-3-8(9)5-7(8)4-6;1-2/h6-7,9H,2-5H2,1H3;1H3. The zero-order valence-electron chi connectivity index (χ0n) is 7.31. The maximum atomic E-state index is 9.57. The van der Waals surface area contributed by atoms with Crippen molar-refractivity contribution in [2.24, 2.45) is 11.8 Å². The summed E-state index contributed by atoms with van der Waals surface area (Å²) in [4.78, 5) is 1.97. The third kappa shape index (κ3) is 2.08. The molecule has 0 spiro atoms. The minimum Gasteiger partial charge on any atom is -0.390 e. The fourth-order valence-electron chi connectivity index (χ4n) is 2.08. The summed E-state index contributed by atoms with van der Waals surface area (Å²) in [5.74, 6) is 1.55. The molecule has 2 aliphatic rings. The maximum absolute atomic E-state index is 9.57. The van der Waals surface area contributed by atoms with Crippen LogP contribution < -0.4 is 0 Å². The molecule has 0 bridgehead atoms. The third-order valence-corrected chi connectivity index (χ3v) is 2.96. The van der Waals surface area contributed by atoms with Crippen molar-refractivity contribution < 1.29 is 5.11 Å². The van der Waals surface area contributed by atoms with Crippen LogP contribution in [0.3, 0.4) is 0 Å². The Kier molecular flexibility index (Phi) is 3.20. The molecule has 0 aromatic heterocycles. The van der Waals surface area contributed by atoms with Crippen molar-refractivity contribution >= 4 is 22.6 Å². The Hall–Kier alpha value is 0.690. The summed E-state index contributed by atoms with van der Waals surface area (Å²) in [5.41, 5.74) is -0.174. The lowest BCUT2D eigenvalue weighted by Crippen LogP contribution is -2.19. The quantitative estimate of drug-likeness (QED) is 0.529. The molecule has 2 fully saturated rings. The normalized spacial score (nSPS) is 46.9. The Bertz CT molecular complexity index is 138. The highest BCUT2D eigenvalue weighted by atomic mass is 127. The van der Waals surface area contributed by atoms with Gasteiger partial charge in [0.15, 0.2) is 0 Å². The number of hydrogen-bond donors (Lipinski definition) is 1. The average Bonchev–Trinajstić information content (AvgIpc) is 2.65. The molecule has 11 heavy (non-hydrogen) atoms. The summed E-state index contributed by atoms with van der Waals surface area (Å²) in [5, 5.41) is 9.57. The molecule has 0 radical (unpaired) electrons. The van der Waals surface area contributed by atoms with Crippen LogP contribution in [0.5, 0.6) is 0 Å². The molecule has 2 aliphatic carbocycles. The summed E-state index contributed by atoms with van der Waals surface area (Å²) in [6.45, 7) is 2.29. The highest BCUT2D eigenvalue weighted by Gasteiger charge is 2.54.